The summed E-state index contributed by atoms with van der Waals surface area (Å²) >= 11 is 0. The van der Waals surface area contributed by atoms with Crippen molar-refractivity contribution in [3.63, 3.8) is 0 Å². The molecule has 0 aliphatic heterocycles. The molecule has 4 nitrogen and oxygen atoms in total. The Hall–Kier alpha value is -1.10. The maximum atomic E-state index is 9.77. The Bertz CT molecular complexity index is 407. The lowest BCUT2D eigenvalue weighted by atomic mass is 10.1. The summed E-state index contributed by atoms with van der Waals surface area (Å²) in [5, 5.41) is 13.2. The number of nitrogens with one attached hydrogen (secondary N) is 1. The number of aliphatic hydroxyl groups excluding tert-OH is 1. The Labute approximate surface area is 128 Å². The number of rotatable bonds is 10. The molecule has 1 unspecified atom stereocenters. The van der Waals surface area contributed by atoms with Crippen molar-refractivity contribution in [2.45, 2.75) is 40.3 Å². The Balaban J connectivity index is 2.55. The summed E-state index contributed by atoms with van der Waals surface area (Å²) in [5.74, 6) is 1.44. The molecule has 0 spiro atoms. The second kappa shape index (κ2) is 9.77. The van der Waals surface area contributed by atoms with Crippen LogP contribution < -0.4 is 10.1 Å². The van der Waals surface area contributed by atoms with Crippen molar-refractivity contribution >= 4 is 0 Å². The summed E-state index contributed by atoms with van der Waals surface area (Å²) in [7, 11) is 0. The molecule has 0 amide bonds. The van der Waals surface area contributed by atoms with Gasteiger partial charge in [-0.25, -0.2) is 0 Å². The van der Waals surface area contributed by atoms with E-state index < -0.39 is 6.10 Å². The van der Waals surface area contributed by atoms with Crippen molar-refractivity contribution in [2.24, 2.45) is 5.92 Å². The van der Waals surface area contributed by atoms with Crippen molar-refractivity contribution < 1.29 is 14.6 Å². The minimum atomic E-state index is -0.595. The maximum Gasteiger partial charge on any atom is 0.123 e. The topological polar surface area (TPSA) is 50.7 Å². The minimum Gasteiger partial charge on any atom is -0.490 e. The summed E-state index contributed by atoms with van der Waals surface area (Å²) in [6.07, 6.45) is -0.595. The van der Waals surface area contributed by atoms with Gasteiger partial charge >= 0.3 is 0 Å². The van der Waals surface area contributed by atoms with Crippen molar-refractivity contribution in [1.29, 1.82) is 0 Å². The van der Waals surface area contributed by atoms with Gasteiger partial charge in [0.2, 0.25) is 0 Å². The van der Waals surface area contributed by atoms with Gasteiger partial charge in [0, 0.05) is 18.7 Å². The van der Waals surface area contributed by atoms with Crippen LogP contribution in [0.2, 0.25) is 0 Å². The normalized spacial score (nSPS) is 12.7. The molecule has 0 fully saturated rings. The quantitative estimate of drug-likeness (QED) is 0.696. The molecule has 1 rings (SSSR count). The third kappa shape index (κ3) is 7.46. The monoisotopic (exact) mass is 295 g/mol. The highest BCUT2D eigenvalue weighted by molar-refractivity contribution is 5.36. The molecule has 0 saturated carbocycles. The van der Waals surface area contributed by atoms with Crippen LogP contribution in [-0.4, -0.2) is 37.6 Å². The van der Waals surface area contributed by atoms with Crippen molar-refractivity contribution in [1.82, 2.24) is 5.32 Å². The average molecular weight is 295 g/mol. The minimum absolute atomic E-state index is 0.250. The molecule has 0 aromatic heterocycles. The van der Waals surface area contributed by atoms with E-state index in [0.717, 1.165) is 24.4 Å². The van der Waals surface area contributed by atoms with Gasteiger partial charge in [0.1, 0.15) is 18.5 Å². The van der Waals surface area contributed by atoms with Crippen LogP contribution in [0.3, 0.4) is 0 Å². The summed E-state index contributed by atoms with van der Waals surface area (Å²) in [6.45, 7) is 11.3. The van der Waals surface area contributed by atoms with E-state index in [1.54, 1.807) is 0 Å². The van der Waals surface area contributed by atoms with Crippen LogP contribution in [-0.2, 0) is 11.3 Å². The van der Waals surface area contributed by atoms with Crippen molar-refractivity contribution in [2.75, 3.05) is 26.4 Å². The molecule has 120 valence electrons. The molecule has 4 heteroatoms. The standard InChI is InChI=1S/C17H29NO3/c1-5-20-11-16(19)12-21-17-7-6-14(4)8-15(17)10-18-9-13(2)3/h6-8,13,16,18-19H,5,9-12H2,1-4H3. The summed E-state index contributed by atoms with van der Waals surface area (Å²) in [6, 6.07) is 6.11. The van der Waals surface area contributed by atoms with Crippen molar-refractivity contribution in [3.8, 4) is 5.75 Å². The van der Waals surface area contributed by atoms with Crippen LogP contribution in [0.1, 0.15) is 31.9 Å². The fraction of sp³-hybridized carbons (Fsp3) is 0.647. The molecule has 1 aromatic carbocycles. The first-order valence-corrected chi connectivity index (χ1v) is 7.71. The molecular weight excluding hydrogens is 266 g/mol. The molecule has 0 aliphatic carbocycles. The van der Waals surface area contributed by atoms with Gasteiger partial charge in [-0.1, -0.05) is 31.5 Å². The summed E-state index contributed by atoms with van der Waals surface area (Å²) < 4.78 is 10.9. The second-order valence-electron chi connectivity index (χ2n) is 5.76. The van der Waals surface area contributed by atoms with E-state index in [2.05, 4.69) is 32.2 Å². The van der Waals surface area contributed by atoms with E-state index in [1.165, 1.54) is 5.56 Å². The summed E-state index contributed by atoms with van der Waals surface area (Å²) in [4.78, 5) is 0. The largest absolute Gasteiger partial charge is 0.490 e. The zero-order chi connectivity index (χ0) is 15.7. The van der Waals surface area contributed by atoms with Gasteiger partial charge in [-0.05, 0) is 32.4 Å². The van der Waals surface area contributed by atoms with E-state index in [9.17, 15) is 5.11 Å². The number of aliphatic hydroxyl groups is 1. The number of hydrogen-bond acceptors (Lipinski definition) is 4. The Morgan fingerprint density at radius 3 is 2.67 bits per heavy atom. The lowest BCUT2D eigenvalue weighted by Gasteiger charge is -2.16. The maximum absolute atomic E-state index is 9.77. The first kappa shape index (κ1) is 18.0. The SMILES string of the molecule is CCOCC(O)COc1ccc(C)cc1CNCC(C)C. The van der Waals surface area contributed by atoms with Gasteiger partial charge < -0.3 is 19.9 Å². The van der Waals surface area contributed by atoms with Gasteiger partial charge in [-0.2, -0.15) is 0 Å². The predicted octanol–water partition coefficient (Wildman–Crippen LogP) is 2.52. The Kier molecular flexibility index (Phi) is 8.35. The molecule has 1 atom stereocenters. The van der Waals surface area contributed by atoms with E-state index in [4.69, 9.17) is 9.47 Å². The number of ether oxygens (including phenoxy) is 2. The fourth-order valence-corrected chi connectivity index (χ4v) is 1.97. The first-order chi connectivity index (χ1) is 10.0. The van der Waals surface area contributed by atoms with Crippen LogP contribution in [0, 0.1) is 12.8 Å². The fourth-order valence-electron chi connectivity index (χ4n) is 1.97. The summed E-state index contributed by atoms with van der Waals surface area (Å²) in [5.41, 5.74) is 2.33. The molecule has 0 heterocycles. The molecule has 0 bridgehead atoms. The molecule has 1 aromatic rings. The molecule has 0 radical (unpaired) electrons. The van der Waals surface area contributed by atoms with Crippen LogP contribution in [0.25, 0.3) is 0 Å². The van der Waals surface area contributed by atoms with Gasteiger partial charge in [0.15, 0.2) is 0 Å². The second-order valence-corrected chi connectivity index (χ2v) is 5.76. The number of hydrogen-bond donors (Lipinski definition) is 2. The van der Waals surface area contributed by atoms with Crippen LogP contribution in [0.15, 0.2) is 18.2 Å². The lowest BCUT2D eigenvalue weighted by Crippen LogP contribution is -2.24. The van der Waals surface area contributed by atoms with E-state index in [1.807, 2.05) is 19.1 Å². The molecule has 21 heavy (non-hydrogen) atoms. The Morgan fingerprint density at radius 2 is 2.00 bits per heavy atom. The molecular formula is C17H29NO3. The van der Waals surface area contributed by atoms with Crippen LogP contribution >= 0.6 is 0 Å². The molecule has 0 aliphatic rings. The molecule has 0 saturated heterocycles. The zero-order valence-electron chi connectivity index (χ0n) is 13.7. The highest BCUT2D eigenvalue weighted by atomic mass is 16.5. The number of aryl methyl sites for hydroxylation is 1. The highest BCUT2D eigenvalue weighted by Gasteiger charge is 2.09. The average Bonchev–Trinajstić information content (AvgIpc) is 2.43. The van der Waals surface area contributed by atoms with E-state index >= 15 is 0 Å². The third-order valence-electron chi connectivity index (χ3n) is 3.03. The molecule has 2 N–H and O–H groups in total. The van der Waals surface area contributed by atoms with Crippen LogP contribution in [0.5, 0.6) is 5.75 Å². The van der Waals surface area contributed by atoms with Gasteiger partial charge in [0.05, 0.1) is 6.61 Å². The van der Waals surface area contributed by atoms with Gasteiger partial charge in [-0.15, -0.1) is 0 Å². The van der Waals surface area contributed by atoms with E-state index in [-0.39, 0.29) is 6.61 Å². The van der Waals surface area contributed by atoms with Gasteiger partial charge in [0.25, 0.3) is 0 Å². The van der Waals surface area contributed by atoms with Gasteiger partial charge in [-0.3, -0.25) is 0 Å². The zero-order valence-corrected chi connectivity index (χ0v) is 13.7. The Morgan fingerprint density at radius 1 is 1.24 bits per heavy atom. The third-order valence-corrected chi connectivity index (χ3v) is 3.03. The first-order valence-electron chi connectivity index (χ1n) is 7.71. The van der Waals surface area contributed by atoms with E-state index in [0.29, 0.717) is 19.1 Å². The highest BCUT2D eigenvalue weighted by Crippen LogP contribution is 2.20. The number of benzene rings is 1. The smallest absolute Gasteiger partial charge is 0.123 e. The predicted molar refractivity (Wildman–Crippen MR) is 85.7 cm³/mol. The van der Waals surface area contributed by atoms with Crippen LogP contribution in [0.4, 0.5) is 0 Å². The van der Waals surface area contributed by atoms with Crippen molar-refractivity contribution in [3.05, 3.63) is 29.3 Å². The lowest BCUT2D eigenvalue weighted by molar-refractivity contribution is 0.0162.